The molecular formula is C44H81NO8. The molecule has 0 N–H and O–H groups in total. The van der Waals surface area contributed by atoms with Crippen molar-refractivity contribution in [3.8, 4) is 0 Å². The van der Waals surface area contributed by atoms with E-state index in [2.05, 4.69) is 38.2 Å². The number of rotatable bonds is 39. The van der Waals surface area contributed by atoms with Crippen LogP contribution in [0.4, 0.5) is 0 Å². The average Bonchev–Trinajstić information content (AvgIpc) is 3.11. The van der Waals surface area contributed by atoms with Gasteiger partial charge in [0.2, 0.25) is 0 Å². The van der Waals surface area contributed by atoms with Gasteiger partial charge in [-0.25, -0.2) is 0 Å². The fourth-order valence-electron chi connectivity index (χ4n) is 5.80. The highest BCUT2D eigenvalue weighted by atomic mass is 16.7. The summed E-state index contributed by atoms with van der Waals surface area (Å²) >= 11 is 0. The summed E-state index contributed by atoms with van der Waals surface area (Å²) in [5.41, 5.74) is 0. The third kappa shape index (κ3) is 37.9. The molecule has 0 amide bonds. The Hall–Kier alpha value is -2.23. The van der Waals surface area contributed by atoms with Gasteiger partial charge in [0.05, 0.1) is 40.3 Å². The molecular weight excluding hydrogens is 670 g/mol. The maximum Gasteiger partial charge on any atom is 0.306 e. The molecule has 0 fully saturated rings. The smallest absolute Gasteiger partial charge is 0.306 e. The molecule has 2 atom stereocenters. The first-order valence-electron chi connectivity index (χ1n) is 21.5. The van der Waals surface area contributed by atoms with Crippen LogP contribution in [-0.2, 0) is 33.3 Å². The van der Waals surface area contributed by atoms with Crippen molar-refractivity contribution in [1.29, 1.82) is 0 Å². The lowest BCUT2D eigenvalue weighted by Gasteiger charge is -2.26. The van der Waals surface area contributed by atoms with E-state index in [1.54, 1.807) is 0 Å². The van der Waals surface area contributed by atoms with Gasteiger partial charge >= 0.3 is 11.9 Å². The van der Waals surface area contributed by atoms with Gasteiger partial charge in [-0.05, 0) is 44.9 Å². The molecule has 310 valence electrons. The van der Waals surface area contributed by atoms with E-state index in [0.29, 0.717) is 23.9 Å². The van der Waals surface area contributed by atoms with Gasteiger partial charge in [0, 0.05) is 12.8 Å². The summed E-state index contributed by atoms with van der Waals surface area (Å²) in [5.74, 6) is -2.29. The number of carboxylic acids is 1. The summed E-state index contributed by atoms with van der Waals surface area (Å²) in [4.78, 5) is 36.9. The van der Waals surface area contributed by atoms with Gasteiger partial charge in [-0.3, -0.25) is 9.59 Å². The molecule has 0 aromatic rings. The zero-order valence-corrected chi connectivity index (χ0v) is 34.9. The molecule has 0 bridgehead atoms. The van der Waals surface area contributed by atoms with Gasteiger partial charge < -0.3 is 33.3 Å². The van der Waals surface area contributed by atoms with Crippen LogP contribution in [-0.4, -0.2) is 82.3 Å². The Morgan fingerprint density at radius 2 is 1.02 bits per heavy atom. The predicted molar refractivity (Wildman–Crippen MR) is 214 cm³/mol. The first-order valence-corrected chi connectivity index (χ1v) is 21.5. The van der Waals surface area contributed by atoms with Crippen LogP contribution >= 0.6 is 0 Å². The van der Waals surface area contributed by atoms with E-state index in [1.165, 1.54) is 96.3 Å². The van der Waals surface area contributed by atoms with Crippen LogP contribution < -0.4 is 5.11 Å². The molecule has 0 heterocycles. The molecule has 9 nitrogen and oxygen atoms in total. The summed E-state index contributed by atoms with van der Waals surface area (Å²) in [5, 5.41) is 11.7. The number of ether oxygens (including phenoxy) is 4. The number of carbonyl (C=O) groups is 3. The van der Waals surface area contributed by atoms with Gasteiger partial charge in [-0.15, -0.1) is 0 Å². The molecule has 0 aliphatic rings. The number of carbonyl (C=O) groups excluding carboxylic acids is 3. The summed E-state index contributed by atoms with van der Waals surface area (Å²) in [6, 6.07) is 0. The number of hydrogen-bond donors (Lipinski definition) is 0. The number of unbranched alkanes of at least 4 members (excludes halogenated alkanes) is 20. The Labute approximate surface area is 325 Å². The monoisotopic (exact) mass is 752 g/mol. The summed E-state index contributed by atoms with van der Waals surface area (Å²) < 4.78 is 22.5. The highest BCUT2D eigenvalue weighted by Crippen LogP contribution is 2.14. The Kier molecular flexibility index (Phi) is 35.2. The third-order valence-electron chi connectivity index (χ3n) is 9.20. The van der Waals surface area contributed by atoms with Crippen LogP contribution in [0.3, 0.4) is 0 Å². The van der Waals surface area contributed by atoms with Crippen molar-refractivity contribution in [2.45, 2.75) is 193 Å². The molecule has 0 radical (unpaired) electrons. The van der Waals surface area contributed by atoms with Gasteiger partial charge in [-0.2, -0.15) is 0 Å². The fourth-order valence-corrected chi connectivity index (χ4v) is 5.80. The van der Waals surface area contributed by atoms with E-state index in [9.17, 15) is 19.5 Å². The van der Waals surface area contributed by atoms with E-state index in [1.807, 2.05) is 21.1 Å². The van der Waals surface area contributed by atoms with Crippen molar-refractivity contribution in [3.05, 3.63) is 24.3 Å². The molecule has 0 aliphatic heterocycles. The molecule has 0 spiro atoms. The largest absolute Gasteiger partial charge is 0.545 e. The standard InChI is InChI=1S/C44H81NO8/c1-6-8-10-12-14-16-18-19-20-21-22-23-25-27-29-31-33-35-42(47)53-40(39-52-44(43(48)49)50-37-36-45(3,4)5)38-51-41(46)34-32-30-28-26-24-17-15-13-11-9-7-2/h14,16,19-20,40,44H,6-13,15,17-18,21-39H2,1-5H3/b16-14-,20-19-. The minimum Gasteiger partial charge on any atom is -0.545 e. The lowest BCUT2D eigenvalue weighted by atomic mass is 10.1. The number of quaternary nitrogens is 1. The topological polar surface area (TPSA) is 111 Å². The average molecular weight is 752 g/mol. The zero-order chi connectivity index (χ0) is 39.3. The van der Waals surface area contributed by atoms with Crippen LogP contribution in [0.15, 0.2) is 24.3 Å². The number of hydrogen-bond acceptors (Lipinski definition) is 8. The van der Waals surface area contributed by atoms with Crippen LogP contribution in [0.2, 0.25) is 0 Å². The maximum atomic E-state index is 12.7. The van der Waals surface area contributed by atoms with Crippen LogP contribution in [0.25, 0.3) is 0 Å². The molecule has 9 heteroatoms. The first-order chi connectivity index (χ1) is 25.6. The van der Waals surface area contributed by atoms with Crippen molar-refractivity contribution in [1.82, 2.24) is 0 Å². The van der Waals surface area contributed by atoms with E-state index in [0.717, 1.165) is 51.4 Å². The molecule has 53 heavy (non-hydrogen) atoms. The number of nitrogens with zero attached hydrogens (tertiary/aromatic N) is 1. The Morgan fingerprint density at radius 3 is 1.53 bits per heavy atom. The molecule has 2 unspecified atom stereocenters. The Morgan fingerprint density at radius 1 is 0.566 bits per heavy atom. The number of likely N-dealkylation sites (N-methyl/N-ethyl adjacent to an activating group) is 1. The number of carboxylic acid groups (broad SMARTS) is 1. The molecule has 0 aromatic heterocycles. The minimum atomic E-state index is -1.62. The second kappa shape index (κ2) is 36.7. The molecule has 0 rings (SSSR count). The van der Waals surface area contributed by atoms with E-state index >= 15 is 0 Å². The van der Waals surface area contributed by atoms with E-state index in [-0.39, 0.29) is 32.2 Å². The van der Waals surface area contributed by atoms with Crippen molar-refractivity contribution >= 4 is 17.9 Å². The second-order valence-corrected chi connectivity index (χ2v) is 15.6. The quantitative estimate of drug-likeness (QED) is 0.0201. The number of esters is 2. The first kappa shape index (κ1) is 50.8. The molecule has 0 aliphatic carbocycles. The van der Waals surface area contributed by atoms with Gasteiger partial charge in [0.1, 0.15) is 13.2 Å². The maximum absolute atomic E-state index is 12.7. The SMILES string of the molecule is CCCCC/C=C\C/C=C\CCCCCCCCCC(=O)OC(COC(=O)CCCCCCCCCCCCC)COC(OCC[N+](C)(C)C)C(=O)[O-]. The van der Waals surface area contributed by atoms with Gasteiger partial charge in [-0.1, -0.05) is 147 Å². The second-order valence-electron chi connectivity index (χ2n) is 15.6. The Balaban J connectivity index is 4.46. The normalized spacial score (nSPS) is 13.2. The van der Waals surface area contributed by atoms with Crippen LogP contribution in [0, 0.1) is 0 Å². The van der Waals surface area contributed by atoms with Gasteiger partial charge in [0.15, 0.2) is 12.4 Å². The van der Waals surface area contributed by atoms with Crippen LogP contribution in [0.1, 0.15) is 181 Å². The number of allylic oxidation sites excluding steroid dienone is 4. The molecule has 0 saturated carbocycles. The van der Waals surface area contributed by atoms with Gasteiger partial charge in [0.25, 0.3) is 0 Å². The summed E-state index contributed by atoms with van der Waals surface area (Å²) in [7, 11) is 5.90. The Bertz CT molecular complexity index is 929. The molecule has 0 saturated heterocycles. The van der Waals surface area contributed by atoms with E-state index < -0.39 is 24.3 Å². The zero-order valence-electron chi connectivity index (χ0n) is 34.9. The fraction of sp³-hybridized carbons (Fsp3) is 0.841. The predicted octanol–water partition coefficient (Wildman–Crippen LogP) is 9.55. The van der Waals surface area contributed by atoms with E-state index in [4.69, 9.17) is 18.9 Å². The highest BCUT2D eigenvalue weighted by Gasteiger charge is 2.21. The van der Waals surface area contributed by atoms with Crippen molar-refractivity contribution < 1.29 is 42.9 Å². The minimum absolute atomic E-state index is 0.148. The third-order valence-corrected chi connectivity index (χ3v) is 9.20. The molecule has 0 aromatic carbocycles. The number of aliphatic carboxylic acids is 1. The van der Waals surface area contributed by atoms with Crippen molar-refractivity contribution in [3.63, 3.8) is 0 Å². The van der Waals surface area contributed by atoms with Crippen molar-refractivity contribution in [2.75, 3.05) is 47.5 Å². The highest BCUT2D eigenvalue weighted by molar-refractivity contribution is 5.70. The summed E-state index contributed by atoms with van der Waals surface area (Å²) in [6.07, 6.45) is 34.9. The lowest BCUT2D eigenvalue weighted by Crippen LogP contribution is -2.44. The lowest BCUT2D eigenvalue weighted by molar-refractivity contribution is -0.870. The summed E-state index contributed by atoms with van der Waals surface area (Å²) in [6.45, 7) is 4.69. The van der Waals surface area contributed by atoms with Crippen LogP contribution in [0.5, 0.6) is 0 Å². The van der Waals surface area contributed by atoms with Crippen molar-refractivity contribution in [2.24, 2.45) is 0 Å².